The number of aromatic nitrogens is 2. The number of thiazole rings is 1. The largest absolute Gasteiger partial charge is 0.497 e. The fourth-order valence-corrected chi connectivity index (χ4v) is 11.9. The van der Waals surface area contributed by atoms with Crippen LogP contribution in [0, 0.1) is 5.92 Å². The van der Waals surface area contributed by atoms with Crippen molar-refractivity contribution < 1.29 is 42.2 Å². The Kier molecular flexibility index (Phi) is 14.7. The number of amides is 4. The van der Waals surface area contributed by atoms with Gasteiger partial charge in [-0.2, -0.15) is 17.0 Å². The molecular weight excluding hydrogens is 899 g/mol. The van der Waals surface area contributed by atoms with Gasteiger partial charge in [0.05, 0.1) is 31.4 Å². The van der Waals surface area contributed by atoms with Crippen LogP contribution < -0.4 is 30.7 Å². The number of carboxylic acids is 1. The van der Waals surface area contributed by atoms with Gasteiger partial charge in [0.15, 0.2) is 5.13 Å². The monoisotopic (exact) mass is 961 g/mol. The Hall–Kier alpha value is -5.31. The molecule has 5 heterocycles. The SMILES string of the molecule is COc1ccc2c(O[C@@H]3C[C@H]4C(=O)N[C@]5(C(=O)O)CC5C=CCCCCC[C@H](NC(=O)NC(CN5CCCN(C)S5(=O)=O)=C5CCCCC5)C(=O)N4C3)cc(-c3csc(NC(C)C)n3)nc2c1. The van der Waals surface area contributed by atoms with E-state index in [0.717, 1.165) is 55.7 Å². The molecule has 2 aliphatic carbocycles. The number of hydrogen-bond acceptors (Lipinski definition) is 12. The highest BCUT2D eigenvalue weighted by Crippen LogP contribution is 2.46. The molecule has 0 radical (unpaired) electrons. The van der Waals surface area contributed by atoms with Crippen LogP contribution in [0.25, 0.3) is 22.3 Å². The lowest BCUT2D eigenvalue weighted by atomic mass is 9.93. The summed E-state index contributed by atoms with van der Waals surface area (Å²) in [6, 6.07) is 4.55. The number of ether oxygens (including phenoxy) is 2. The van der Waals surface area contributed by atoms with Crippen LogP contribution in [0.1, 0.15) is 97.3 Å². The number of fused-ring (bicyclic) bond motifs is 3. The van der Waals surface area contributed by atoms with E-state index in [1.54, 1.807) is 32.4 Å². The summed E-state index contributed by atoms with van der Waals surface area (Å²) in [5, 5.41) is 25.8. The first-order chi connectivity index (χ1) is 32.1. The van der Waals surface area contributed by atoms with Crippen LogP contribution in [0.5, 0.6) is 11.5 Å². The van der Waals surface area contributed by atoms with Crippen molar-refractivity contribution in [3.05, 3.63) is 53.1 Å². The van der Waals surface area contributed by atoms with Crippen molar-refractivity contribution in [2.24, 2.45) is 5.92 Å². The number of carbonyl (C=O) groups excluding carboxylic acids is 3. The van der Waals surface area contributed by atoms with Gasteiger partial charge in [0.2, 0.25) is 11.8 Å². The summed E-state index contributed by atoms with van der Waals surface area (Å²) in [6.45, 7) is 4.75. The van der Waals surface area contributed by atoms with E-state index in [-0.39, 0.29) is 38.4 Å². The maximum atomic E-state index is 15.1. The molecular formula is C47H63N9O9S2. The molecule has 362 valence electrons. The number of anilines is 1. The number of methoxy groups -OCH3 is 1. The summed E-state index contributed by atoms with van der Waals surface area (Å²) in [5.41, 5.74) is 1.75. The smallest absolute Gasteiger partial charge is 0.330 e. The molecule has 1 aromatic carbocycles. The number of nitrogens with one attached hydrogen (secondary N) is 4. The third-order valence-corrected chi connectivity index (χ3v) is 16.2. The molecule has 2 saturated heterocycles. The molecule has 2 saturated carbocycles. The van der Waals surface area contributed by atoms with Crippen LogP contribution in [-0.2, 0) is 24.6 Å². The minimum absolute atomic E-state index is 0.00206. The average Bonchev–Trinajstić information content (AvgIpc) is 3.56. The summed E-state index contributed by atoms with van der Waals surface area (Å²) in [5.74, 6) is -1.63. The lowest BCUT2D eigenvalue weighted by Crippen LogP contribution is -2.57. The first-order valence-electron chi connectivity index (χ1n) is 23.6. The molecule has 5 atom stereocenters. The number of aliphatic carboxylic acids is 1. The van der Waals surface area contributed by atoms with Crippen molar-refractivity contribution in [1.29, 1.82) is 0 Å². The van der Waals surface area contributed by atoms with Crippen molar-refractivity contribution in [2.75, 3.05) is 45.7 Å². The highest BCUT2D eigenvalue weighted by molar-refractivity contribution is 7.86. The van der Waals surface area contributed by atoms with Gasteiger partial charge in [-0.25, -0.2) is 19.6 Å². The van der Waals surface area contributed by atoms with Gasteiger partial charge in [0.25, 0.3) is 10.2 Å². The van der Waals surface area contributed by atoms with E-state index in [9.17, 15) is 27.9 Å². The highest BCUT2D eigenvalue weighted by atomic mass is 32.2. The van der Waals surface area contributed by atoms with Crippen LogP contribution >= 0.6 is 11.3 Å². The van der Waals surface area contributed by atoms with Gasteiger partial charge in [0.1, 0.15) is 40.9 Å². The molecule has 1 unspecified atom stereocenters. The summed E-state index contributed by atoms with van der Waals surface area (Å²) in [4.78, 5) is 67.6. The summed E-state index contributed by atoms with van der Waals surface area (Å²) in [7, 11) is -0.610. The molecule has 4 fully saturated rings. The van der Waals surface area contributed by atoms with Crippen molar-refractivity contribution in [3.63, 3.8) is 0 Å². The molecule has 20 heteroatoms. The summed E-state index contributed by atoms with van der Waals surface area (Å²) >= 11 is 1.45. The number of urea groups is 1. The number of rotatable bonds is 11. The number of benzene rings is 1. The molecule has 0 spiro atoms. The van der Waals surface area contributed by atoms with Crippen LogP contribution in [0.3, 0.4) is 0 Å². The van der Waals surface area contributed by atoms with Crippen molar-refractivity contribution in [1.82, 2.24) is 39.4 Å². The summed E-state index contributed by atoms with van der Waals surface area (Å²) < 4.78 is 41.7. The van der Waals surface area contributed by atoms with E-state index < -0.39 is 63.7 Å². The first-order valence-corrected chi connectivity index (χ1v) is 25.8. The molecule has 5 N–H and O–H groups in total. The predicted octanol–water partition coefficient (Wildman–Crippen LogP) is 5.78. The highest BCUT2D eigenvalue weighted by Gasteiger charge is 2.61. The third-order valence-electron chi connectivity index (χ3n) is 13.5. The minimum Gasteiger partial charge on any atom is -0.497 e. The second-order valence-electron chi connectivity index (χ2n) is 18.7. The zero-order valence-corrected chi connectivity index (χ0v) is 40.3. The van der Waals surface area contributed by atoms with Crippen molar-refractivity contribution in [2.45, 2.75) is 127 Å². The number of nitrogens with zero attached hydrogens (tertiary/aromatic N) is 5. The third kappa shape index (κ3) is 10.9. The van der Waals surface area contributed by atoms with Crippen molar-refractivity contribution in [3.8, 4) is 22.9 Å². The fraction of sp³-hybridized carbons (Fsp3) is 0.574. The van der Waals surface area contributed by atoms with Gasteiger partial charge in [0, 0.05) is 67.1 Å². The molecule has 67 heavy (non-hydrogen) atoms. The molecule has 4 amide bonds. The average molecular weight is 962 g/mol. The molecule has 2 aromatic heterocycles. The second kappa shape index (κ2) is 20.5. The Bertz CT molecular complexity index is 2520. The Morgan fingerprint density at radius 2 is 1.82 bits per heavy atom. The molecule has 8 rings (SSSR count). The standard InChI is InChI=1S/C47H63N9O9S2/c1-29(2)48-46-52-39(28-66-46)37-24-41(34-19-18-32(64-4)22-36(34)49-37)65-33-23-40-42(57)53-47(44(59)60)25-31(47)16-11-6-5-7-12-17-35(43(58)56(40)26-33)50-45(61)51-38(30-14-9-8-10-15-30)27-55-21-13-20-54(3)67(55,62)63/h11,16,18-19,22,24,28-29,31,33,35,40H,5-10,12-15,17,20-21,23,25-27H2,1-4H3,(H,48,52)(H,53,57)(H,59,60)(H2,50,51,61)/t31?,33-,35+,40+,47-/m1/s1. The van der Waals surface area contributed by atoms with Crippen LogP contribution in [0.15, 0.2) is 53.1 Å². The molecule has 18 nitrogen and oxygen atoms in total. The van der Waals surface area contributed by atoms with E-state index >= 15 is 4.79 Å². The zero-order chi connectivity index (χ0) is 47.5. The van der Waals surface area contributed by atoms with E-state index in [4.69, 9.17) is 19.4 Å². The first kappa shape index (κ1) is 48.2. The van der Waals surface area contributed by atoms with Gasteiger partial charge < -0.3 is 40.7 Å². The van der Waals surface area contributed by atoms with E-state index in [2.05, 4.69) is 21.3 Å². The quantitative estimate of drug-likeness (QED) is 0.144. The van der Waals surface area contributed by atoms with Crippen LogP contribution in [0.4, 0.5) is 9.93 Å². The van der Waals surface area contributed by atoms with E-state index in [1.807, 2.05) is 37.4 Å². The Morgan fingerprint density at radius 1 is 1.03 bits per heavy atom. The van der Waals surface area contributed by atoms with Gasteiger partial charge in [-0.1, -0.05) is 31.4 Å². The minimum atomic E-state index is -3.73. The Labute approximate surface area is 396 Å². The maximum Gasteiger partial charge on any atom is 0.330 e. The predicted molar refractivity (Wildman–Crippen MR) is 255 cm³/mol. The van der Waals surface area contributed by atoms with Crippen molar-refractivity contribution >= 4 is 61.4 Å². The summed E-state index contributed by atoms with van der Waals surface area (Å²) in [6.07, 6.45) is 11.4. The lowest BCUT2D eigenvalue weighted by molar-refractivity contribution is -0.145. The molecule has 3 aliphatic heterocycles. The number of carboxylic acid groups (broad SMARTS) is 1. The lowest BCUT2D eigenvalue weighted by Gasteiger charge is -2.34. The number of carbonyl (C=O) groups is 4. The maximum absolute atomic E-state index is 15.1. The zero-order valence-electron chi connectivity index (χ0n) is 38.7. The number of hydrogen-bond donors (Lipinski definition) is 5. The normalized spacial score (nSPS) is 26.2. The van der Waals surface area contributed by atoms with Gasteiger partial charge in [-0.15, -0.1) is 11.3 Å². The van der Waals surface area contributed by atoms with Gasteiger partial charge >= 0.3 is 12.0 Å². The number of allylic oxidation sites excluding steroid dienone is 2. The second-order valence-corrected chi connectivity index (χ2v) is 21.6. The molecule has 3 aromatic rings. The molecule has 5 aliphatic rings. The number of pyridine rings is 1. The van der Waals surface area contributed by atoms with Gasteiger partial charge in [-0.05, 0) is 89.3 Å². The molecule has 0 bridgehead atoms. The van der Waals surface area contributed by atoms with Gasteiger partial charge in [-0.3, -0.25) is 9.59 Å². The van der Waals surface area contributed by atoms with E-state index in [0.29, 0.717) is 71.8 Å². The Morgan fingerprint density at radius 3 is 2.58 bits per heavy atom. The Balaban J connectivity index is 1.10. The fourth-order valence-electron chi connectivity index (χ4n) is 9.65. The topological polar surface area (TPSA) is 225 Å². The van der Waals surface area contributed by atoms with Crippen LogP contribution in [0.2, 0.25) is 0 Å². The van der Waals surface area contributed by atoms with Crippen LogP contribution in [-0.4, -0.2) is 131 Å². The van der Waals surface area contributed by atoms with E-state index in [1.165, 1.54) is 24.8 Å².